The summed E-state index contributed by atoms with van der Waals surface area (Å²) in [5.41, 5.74) is 4.50. The Bertz CT molecular complexity index is 991. The number of ether oxygens (including phenoxy) is 1. The first-order valence-electron chi connectivity index (χ1n) is 10.1. The largest absolute Gasteiger partial charge is 0.538 e. The zero-order valence-corrected chi connectivity index (χ0v) is 19.9. The lowest BCUT2D eigenvalue weighted by Crippen LogP contribution is -2.36. The molecule has 0 spiro atoms. The van der Waals surface area contributed by atoms with Crippen LogP contribution in [0.4, 0.5) is 5.82 Å². The Hall–Kier alpha value is -1.71. The number of hydrogen-bond donors (Lipinski definition) is 6. The molecule has 6 atom stereocenters. The SMILES string of the molecule is CNCCCCCC(=O)OP(=O)(O)OP(=O)(O)OC[C@H]1O[C@@H](n2ccc(N)nc2=O)[C@@H](O)C1O. The van der Waals surface area contributed by atoms with Crippen LogP contribution in [0.3, 0.4) is 0 Å². The predicted octanol–water partition coefficient (Wildman–Crippen LogP) is -0.998. The number of nitrogens with one attached hydrogen (secondary N) is 1. The number of nitrogens with zero attached hydrogens (tertiary/aromatic N) is 2. The third-order valence-corrected chi connectivity index (χ3v) is 7.16. The number of hydrogen-bond acceptors (Lipinski definition) is 13. The Morgan fingerprint density at radius 1 is 1.24 bits per heavy atom. The summed E-state index contributed by atoms with van der Waals surface area (Å²) in [6.07, 6.45) is -3.51. The Morgan fingerprint density at radius 2 is 1.94 bits per heavy atom. The number of carbonyl (C=O) groups is 1. The highest BCUT2D eigenvalue weighted by molar-refractivity contribution is 7.61. The molecular weight excluding hydrogens is 502 g/mol. The Balaban J connectivity index is 1.88. The van der Waals surface area contributed by atoms with Gasteiger partial charge in [0.05, 0.1) is 6.61 Å². The molecule has 1 aromatic rings. The number of aliphatic hydroxyl groups excluding tert-OH is 2. The van der Waals surface area contributed by atoms with E-state index in [-0.39, 0.29) is 12.2 Å². The first-order valence-corrected chi connectivity index (χ1v) is 13.1. The van der Waals surface area contributed by atoms with Crippen molar-refractivity contribution in [2.24, 2.45) is 0 Å². The average Bonchev–Trinajstić information content (AvgIpc) is 2.99. The van der Waals surface area contributed by atoms with Crippen molar-refractivity contribution in [3.8, 4) is 0 Å². The molecule has 1 fully saturated rings. The third kappa shape index (κ3) is 8.50. The molecule has 0 aromatic carbocycles. The van der Waals surface area contributed by atoms with E-state index in [0.29, 0.717) is 12.8 Å². The number of unbranched alkanes of at least 4 members (excludes halogenated alkanes) is 2. The van der Waals surface area contributed by atoms with Crippen LogP contribution in [0.1, 0.15) is 31.9 Å². The second-order valence-corrected chi connectivity index (χ2v) is 10.2. The molecule has 1 aliphatic heterocycles. The molecular formula is C16H28N4O12P2. The van der Waals surface area contributed by atoms with E-state index in [2.05, 4.69) is 23.7 Å². The number of rotatable bonds is 13. The molecule has 0 amide bonds. The molecule has 0 aliphatic carbocycles. The van der Waals surface area contributed by atoms with Crippen LogP contribution in [-0.2, 0) is 32.0 Å². The molecule has 18 heteroatoms. The summed E-state index contributed by atoms with van der Waals surface area (Å²) < 4.78 is 42.9. The highest BCUT2D eigenvalue weighted by atomic mass is 31.3. The molecule has 3 unspecified atom stereocenters. The van der Waals surface area contributed by atoms with Gasteiger partial charge in [0.2, 0.25) is 0 Å². The van der Waals surface area contributed by atoms with Gasteiger partial charge >= 0.3 is 27.3 Å². The molecule has 0 bridgehead atoms. The van der Waals surface area contributed by atoms with Crippen LogP contribution in [0, 0.1) is 0 Å². The fourth-order valence-corrected chi connectivity index (χ4v) is 5.03. The number of nitrogens with two attached hydrogens (primary N) is 1. The van der Waals surface area contributed by atoms with Crippen LogP contribution < -0.4 is 16.7 Å². The summed E-state index contributed by atoms with van der Waals surface area (Å²) >= 11 is 0. The van der Waals surface area contributed by atoms with Crippen LogP contribution in [0.2, 0.25) is 0 Å². The smallest absolute Gasteiger partial charge is 0.387 e. The molecule has 2 rings (SSSR count). The van der Waals surface area contributed by atoms with Gasteiger partial charge in [-0.3, -0.25) is 18.8 Å². The fourth-order valence-electron chi connectivity index (χ4n) is 2.98. The molecule has 1 saturated heterocycles. The maximum absolute atomic E-state index is 12.0. The minimum absolute atomic E-state index is 0.0875. The van der Waals surface area contributed by atoms with Crippen molar-refractivity contribution in [1.82, 2.24) is 14.9 Å². The maximum Gasteiger partial charge on any atom is 0.538 e. The molecule has 7 N–H and O–H groups in total. The van der Waals surface area contributed by atoms with E-state index in [1.54, 1.807) is 7.05 Å². The van der Waals surface area contributed by atoms with Gasteiger partial charge in [-0.25, -0.2) is 13.9 Å². The molecule has 0 saturated carbocycles. The Kier molecular flexibility index (Phi) is 10.3. The maximum atomic E-state index is 12.0. The second kappa shape index (κ2) is 12.3. The predicted molar refractivity (Wildman–Crippen MR) is 114 cm³/mol. The first-order chi connectivity index (χ1) is 15.8. The van der Waals surface area contributed by atoms with Gasteiger partial charge in [-0.1, -0.05) is 6.42 Å². The molecule has 194 valence electrons. The van der Waals surface area contributed by atoms with Crippen LogP contribution in [0.15, 0.2) is 17.1 Å². The topological polar surface area (TPSA) is 242 Å². The molecule has 0 radical (unpaired) electrons. The second-order valence-electron chi connectivity index (χ2n) is 7.28. The molecule has 2 heterocycles. The van der Waals surface area contributed by atoms with E-state index >= 15 is 0 Å². The van der Waals surface area contributed by atoms with Gasteiger partial charge < -0.3 is 35.4 Å². The van der Waals surface area contributed by atoms with E-state index in [1.807, 2.05) is 0 Å². The highest BCUT2D eigenvalue weighted by Crippen LogP contribution is 2.60. The fraction of sp³-hybridized carbons (Fsp3) is 0.688. The van der Waals surface area contributed by atoms with Crippen LogP contribution in [0.25, 0.3) is 0 Å². The molecule has 1 aromatic heterocycles. The van der Waals surface area contributed by atoms with E-state index < -0.39 is 58.5 Å². The van der Waals surface area contributed by atoms with Crippen molar-refractivity contribution >= 4 is 27.4 Å². The lowest BCUT2D eigenvalue weighted by molar-refractivity contribution is -0.135. The van der Waals surface area contributed by atoms with Crippen molar-refractivity contribution in [3.63, 3.8) is 0 Å². The van der Waals surface area contributed by atoms with Gasteiger partial charge in [0.1, 0.15) is 24.1 Å². The lowest BCUT2D eigenvalue weighted by atomic mass is 10.1. The van der Waals surface area contributed by atoms with Crippen molar-refractivity contribution in [2.75, 3.05) is 25.9 Å². The van der Waals surface area contributed by atoms with Crippen LogP contribution in [-0.4, -0.2) is 74.0 Å². The van der Waals surface area contributed by atoms with E-state index in [1.165, 1.54) is 6.07 Å². The van der Waals surface area contributed by atoms with E-state index in [9.17, 15) is 38.7 Å². The standard InChI is InChI=1S/C16H28N4O12P2/c1-18-7-4-2-3-5-12(21)31-34(27,28)32-33(25,26)29-9-10-13(22)14(23)15(30-10)20-8-6-11(17)19-16(20)24/h6,8,10,13-15,18,22-23H,2-5,7,9H2,1H3,(H,25,26)(H,27,28)(H2,17,19,24)/t10-,13?,14+,15-/m1/s1. The minimum Gasteiger partial charge on any atom is -0.387 e. The first kappa shape index (κ1) is 28.5. The summed E-state index contributed by atoms with van der Waals surface area (Å²) in [5.74, 6) is -1.20. The zero-order valence-electron chi connectivity index (χ0n) is 18.1. The normalized spacial score (nSPS) is 26.0. The number of anilines is 1. The third-order valence-electron chi connectivity index (χ3n) is 4.60. The van der Waals surface area contributed by atoms with Crippen LogP contribution >= 0.6 is 15.6 Å². The summed E-state index contributed by atoms with van der Waals surface area (Å²) in [5, 5.41) is 23.2. The Labute approximate surface area is 193 Å². The minimum atomic E-state index is -5.31. The van der Waals surface area contributed by atoms with Gasteiger partial charge in [-0.2, -0.15) is 9.29 Å². The van der Waals surface area contributed by atoms with Gasteiger partial charge in [0.25, 0.3) is 0 Å². The van der Waals surface area contributed by atoms with Crippen molar-refractivity contribution in [1.29, 1.82) is 0 Å². The summed E-state index contributed by atoms with van der Waals surface area (Å²) in [4.78, 5) is 46.3. The molecule has 34 heavy (non-hydrogen) atoms. The average molecular weight is 530 g/mol. The van der Waals surface area contributed by atoms with E-state index in [4.69, 9.17) is 10.5 Å². The van der Waals surface area contributed by atoms with Gasteiger partial charge in [0.15, 0.2) is 6.23 Å². The lowest BCUT2D eigenvalue weighted by Gasteiger charge is -2.19. The number of aromatic nitrogens is 2. The highest BCUT2D eigenvalue weighted by Gasteiger charge is 2.46. The quantitative estimate of drug-likeness (QED) is 0.132. The number of phosphoric ester groups is 2. The van der Waals surface area contributed by atoms with E-state index in [0.717, 1.165) is 23.7 Å². The van der Waals surface area contributed by atoms with Crippen molar-refractivity contribution < 1.29 is 52.0 Å². The van der Waals surface area contributed by atoms with Gasteiger partial charge in [-0.05, 0) is 32.5 Å². The Morgan fingerprint density at radius 3 is 2.59 bits per heavy atom. The number of aliphatic hydroxyl groups is 2. The van der Waals surface area contributed by atoms with Crippen LogP contribution in [0.5, 0.6) is 0 Å². The van der Waals surface area contributed by atoms with Gasteiger partial charge in [0, 0.05) is 12.6 Å². The van der Waals surface area contributed by atoms with Crippen molar-refractivity contribution in [3.05, 3.63) is 22.7 Å². The number of carbonyl (C=O) groups excluding carboxylic acids is 1. The number of phosphoric acid groups is 2. The summed E-state index contributed by atoms with van der Waals surface area (Å²) in [6.45, 7) is -0.175. The zero-order chi connectivity index (χ0) is 25.5. The number of nitrogen functional groups attached to an aromatic ring is 1. The van der Waals surface area contributed by atoms with Gasteiger partial charge in [-0.15, -0.1) is 0 Å². The summed E-state index contributed by atoms with van der Waals surface area (Å²) in [7, 11) is -8.83. The monoisotopic (exact) mass is 530 g/mol. The summed E-state index contributed by atoms with van der Waals surface area (Å²) in [6, 6.07) is 1.24. The van der Waals surface area contributed by atoms with Crippen molar-refractivity contribution in [2.45, 2.75) is 50.2 Å². The molecule has 1 aliphatic rings. The molecule has 16 nitrogen and oxygen atoms in total.